The maximum Gasteiger partial charge on any atom is 0.307 e. The fraction of sp³-hybridized carbons (Fsp3) is 0.412. The molecule has 1 aromatic rings. The number of amides is 3. The second-order valence-corrected chi connectivity index (χ2v) is 6.89. The van der Waals surface area contributed by atoms with Crippen molar-refractivity contribution in [3.63, 3.8) is 0 Å². The lowest BCUT2D eigenvalue weighted by Gasteiger charge is -2.23. The second-order valence-electron chi connectivity index (χ2n) is 5.64. The van der Waals surface area contributed by atoms with Crippen LogP contribution in [0.15, 0.2) is 29.2 Å². The largest absolute Gasteiger partial charge is 0.456 e. The van der Waals surface area contributed by atoms with Gasteiger partial charge in [0, 0.05) is 11.4 Å². The van der Waals surface area contributed by atoms with Gasteiger partial charge in [-0.25, -0.2) is 0 Å². The maximum atomic E-state index is 12.0. The van der Waals surface area contributed by atoms with Gasteiger partial charge in [0.15, 0.2) is 6.61 Å². The number of para-hydroxylation sites is 1. The minimum Gasteiger partial charge on any atom is -0.456 e. The number of benzene rings is 1. The van der Waals surface area contributed by atoms with Crippen molar-refractivity contribution in [1.82, 2.24) is 10.6 Å². The molecule has 0 unspecified atom stereocenters. The van der Waals surface area contributed by atoms with E-state index in [0.29, 0.717) is 12.2 Å². The first-order valence-corrected chi connectivity index (χ1v) is 9.08. The van der Waals surface area contributed by atoms with E-state index in [1.54, 1.807) is 13.0 Å². The number of fused-ring (bicyclic) bond motifs is 1. The fourth-order valence-corrected chi connectivity index (χ4v) is 3.35. The summed E-state index contributed by atoms with van der Waals surface area (Å²) in [6.07, 6.45) is -0.149. The summed E-state index contributed by atoms with van der Waals surface area (Å²) in [6, 6.07) is 6.58. The van der Waals surface area contributed by atoms with Crippen LogP contribution in [0.2, 0.25) is 0 Å². The van der Waals surface area contributed by atoms with Crippen molar-refractivity contribution in [3.8, 4) is 0 Å². The molecule has 140 valence electrons. The Labute approximate surface area is 155 Å². The Morgan fingerprint density at radius 1 is 1.31 bits per heavy atom. The Morgan fingerprint density at radius 2 is 2.04 bits per heavy atom. The van der Waals surface area contributed by atoms with Crippen LogP contribution in [0.3, 0.4) is 0 Å². The molecule has 2 atom stereocenters. The van der Waals surface area contributed by atoms with E-state index in [1.807, 2.05) is 18.2 Å². The maximum absolute atomic E-state index is 12.0. The van der Waals surface area contributed by atoms with Crippen molar-refractivity contribution in [2.24, 2.45) is 0 Å². The van der Waals surface area contributed by atoms with Gasteiger partial charge in [0.2, 0.25) is 11.8 Å². The summed E-state index contributed by atoms with van der Waals surface area (Å²) in [4.78, 5) is 48.1. The van der Waals surface area contributed by atoms with Crippen LogP contribution in [0.1, 0.15) is 20.3 Å². The zero-order valence-corrected chi connectivity index (χ0v) is 15.4. The first-order valence-electron chi connectivity index (χ1n) is 8.20. The number of ether oxygens (including phenoxy) is 1. The monoisotopic (exact) mass is 379 g/mol. The predicted molar refractivity (Wildman–Crippen MR) is 96.6 cm³/mol. The molecule has 1 aromatic carbocycles. The van der Waals surface area contributed by atoms with E-state index in [-0.39, 0.29) is 18.2 Å². The Bertz CT molecular complexity index is 709. The Hall–Kier alpha value is -2.55. The van der Waals surface area contributed by atoms with Gasteiger partial charge in [-0.15, -0.1) is 11.8 Å². The molecule has 8 nitrogen and oxygen atoms in total. The summed E-state index contributed by atoms with van der Waals surface area (Å²) in [5.74, 6) is -1.83. The first-order chi connectivity index (χ1) is 12.4. The molecule has 0 saturated heterocycles. The van der Waals surface area contributed by atoms with Crippen LogP contribution in [-0.2, 0) is 23.9 Å². The van der Waals surface area contributed by atoms with Gasteiger partial charge in [0.1, 0.15) is 6.04 Å². The minimum atomic E-state index is -0.725. The third-order valence-corrected chi connectivity index (χ3v) is 4.82. The van der Waals surface area contributed by atoms with Crippen LogP contribution < -0.4 is 16.0 Å². The Balaban J connectivity index is 1.78. The topological polar surface area (TPSA) is 114 Å². The van der Waals surface area contributed by atoms with Gasteiger partial charge in [-0.2, -0.15) is 0 Å². The highest BCUT2D eigenvalue weighted by atomic mass is 32.2. The lowest BCUT2D eigenvalue weighted by atomic mass is 10.2. The molecule has 3 N–H and O–H groups in total. The molecule has 0 fully saturated rings. The van der Waals surface area contributed by atoms with Gasteiger partial charge >= 0.3 is 5.97 Å². The molecule has 0 bridgehead atoms. The van der Waals surface area contributed by atoms with Crippen LogP contribution in [0.5, 0.6) is 0 Å². The summed E-state index contributed by atoms with van der Waals surface area (Å²) in [5, 5.41) is 7.13. The molecule has 1 aliphatic rings. The lowest BCUT2D eigenvalue weighted by molar-refractivity contribution is -0.149. The molecule has 3 amide bonds. The molecule has 2 rings (SSSR count). The number of esters is 1. The van der Waals surface area contributed by atoms with Gasteiger partial charge in [0.05, 0.1) is 17.4 Å². The van der Waals surface area contributed by atoms with Crippen molar-refractivity contribution in [3.05, 3.63) is 24.3 Å². The highest BCUT2D eigenvalue weighted by molar-refractivity contribution is 8.01. The molecule has 0 saturated carbocycles. The highest BCUT2D eigenvalue weighted by Gasteiger charge is 2.29. The Morgan fingerprint density at radius 3 is 2.77 bits per heavy atom. The minimum absolute atomic E-state index is 0.149. The number of hydrogen-bond donors (Lipinski definition) is 3. The van der Waals surface area contributed by atoms with Gasteiger partial charge in [-0.3, -0.25) is 19.2 Å². The normalized spacial score (nSPS) is 16.7. The number of hydrogen-bond acceptors (Lipinski definition) is 6. The first kappa shape index (κ1) is 19.8. The van der Waals surface area contributed by atoms with E-state index >= 15 is 0 Å². The van der Waals surface area contributed by atoms with Gasteiger partial charge < -0.3 is 20.7 Å². The molecule has 1 aliphatic heterocycles. The third-order valence-electron chi connectivity index (χ3n) is 3.54. The van der Waals surface area contributed by atoms with Gasteiger partial charge in [-0.05, 0) is 26.0 Å². The summed E-state index contributed by atoms with van der Waals surface area (Å²) in [7, 11) is 0. The van der Waals surface area contributed by atoms with Crippen LogP contribution in [0.25, 0.3) is 0 Å². The second kappa shape index (κ2) is 9.23. The molecule has 26 heavy (non-hydrogen) atoms. The highest BCUT2D eigenvalue weighted by Crippen LogP contribution is 2.36. The van der Waals surface area contributed by atoms with Gasteiger partial charge in [0.25, 0.3) is 5.91 Å². The molecule has 0 radical (unpaired) electrons. The molecule has 0 spiro atoms. The molecular formula is C17H21N3O5S. The van der Waals surface area contributed by atoms with Gasteiger partial charge in [-0.1, -0.05) is 12.1 Å². The SMILES string of the molecule is CCNC(=O)[C@H](C)NC(=O)COC(=O)C[C@@H]1Sc2ccccc2NC1=O. The quantitative estimate of drug-likeness (QED) is 0.600. The molecule has 1 heterocycles. The van der Waals surface area contributed by atoms with Crippen molar-refractivity contribution < 1.29 is 23.9 Å². The van der Waals surface area contributed by atoms with Crippen LogP contribution >= 0.6 is 11.8 Å². The van der Waals surface area contributed by atoms with Crippen molar-refractivity contribution in [2.75, 3.05) is 18.5 Å². The third kappa shape index (κ3) is 5.48. The van der Waals surface area contributed by atoms with Crippen LogP contribution in [0.4, 0.5) is 5.69 Å². The number of carbonyl (C=O) groups excluding carboxylic acids is 4. The average Bonchev–Trinajstić information content (AvgIpc) is 2.60. The number of carbonyl (C=O) groups is 4. The van der Waals surface area contributed by atoms with E-state index in [9.17, 15) is 19.2 Å². The van der Waals surface area contributed by atoms with Crippen molar-refractivity contribution in [1.29, 1.82) is 0 Å². The number of thioether (sulfide) groups is 1. The van der Waals surface area contributed by atoms with E-state index < -0.39 is 29.8 Å². The van der Waals surface area contributed by atoms with Crippen LogP contribution in [-0.4, -0.2) is 48.1 Å². The smallest absolute Gasteiger partial charge is 0.307 e. The molecule has 0 aromatic heterocycles. The van der Waals surface area contributed by atoms with Crippen molar-refractivity contribution >= 4 is 41.1 Å². The summed E-state index contributed by atoms with van der Waals surface area (Å²) < 4.78 is 4.91. The average molecular weight is 379 g/mol. The summed E-state index contributed by atoms with van der Waals surface area (Å²) in [6.45, 7) is 3.26. The standard InChI is InChI=1S/C17H21N3O5S/c1-3-18-16(23)10(2)19-14(21)9-25-15(22)8-13-17(24)20-11-6-4-5-7-12(11)26-13/h4-7,10,13H,3,8-9H2,1-2H3,(H,18,23)(H,19,21)(H,20,24)/t10-,13-/m0/s1. The van der Waals surface area contributed by atoms with E-state index in [0.717, 1.165) is 4.90 Å². The van der Waals surface area contributed by atoms with Crippen LogP contribution in [0, 0.1) is 0 Å². The lowest BCUT2D eigenvalue weighted by Crippen LogP contribution is -2.46. The number of rotatable bonds is 7. The Kier molecular flexibility index (Phi) is 7.02. The zero-order valence-electron chi connectivity index (χ0n) is 14.5. The summed E-state index contributed by atoms with van der Waals surface area (Å²) >= 11 is 1.28. The van der Waals surface area contributed by atoms with E-state index in [4.69, 9.17) is 4.74 Å². The van der Waals surface area contributed by atoms with E-state index in [2.05, 4.69) is 16.0 Å². The molecular weight excluding hydrogens is 358 g/mol. The number of likely N-dealkylation sites (N-methyl/N-ethyl adjacent to an activating group) is 1. The number of nitrogens with one attached hydrogen (secondary N) is 3. The molecule has 0 aliphatic carbocycles. The van der Waals surface area contributed by atoms with E-state index in [1.165, 1.54) is 18.7 Å². The molecule has 9 heteroatoms. The fourth-order valence-electron chi connectivity index (χ4n) is 2.26. The van der Waals surface area contributed by atoms with Crippen molar-refractivity contribution in [2.45, 2.75) is 36.5 Å². The predicted octanol–water partition coefficient (Wildman–Crippen LogP) is 0.673. The number of anilines is 1. The summed E-state index contributed by atoms with van der Waals surface area (Å²) in [5.41, 5.74) is 0.714. The zero-order chi connectivity index (χ0) is 19.1.